The Morgan fingerprint density at radius 2 is 1.23 bits per heavy atom. The number of thioether (sulfide) groups is 1. The Hall–Kier alpha value is -6.79. The van der Waals surface area contributed by atoms with Gasteiger partial charge in [0.05, 0.1) is 12.6 Å². The predicted molar refractivity (Wildman–Crippen MR) is 271 cm³/mol. The highest BCUT2D eigenvalue weighted by Crippen LogP contribution is 2.26. The summed E-state index contributed by atoms with van der Waals surface area (Å²) in [7, 11) is 0. The Balaban J connectivity index is 1.45. The summed E-state index contributed by atoms with van der Waals surface area (Å²) >= 11 is 1.45. The molecule has 2 saturated heterocycles. The number of carboxylic acid groups (broad SMARTS) is 2. The first-order valence-electron chi connectivity index (χ1n) is 24.7. The molecule has 2 aromatic rings. The number of hydrogen-bond donors (Lipinski definition) is 11. The molecule has 24 heteroatoms. The van der Waals surface area contributed by atoms with E-state index in [1.54, 1.807) is 44.2 Å². The van der Waals surface area contributed by atoms with Crippen LogP contribution >= 0.6 is 11.8 Å². The summed E-state index contributed by atoms with van der Waals surface area (Å²) in [6.07, 6.45) is 1.10. The fraction of sp³-hybridized carbons (Fsp3) is 0.560. The molecular weight excluding hydrogens is 983 g/mol. The van der Waals surface area contributed by atoms with Gasteiger partial charge in [-0.25, -0.2) is 4.79 Å². The largest absolute Gasteiger partial charge is 0.508 e. The summed E-state index contributed by atoms with van der Waals surface area (Å²) in [5.41, 5.74) is 6.90. The number of amides is 8. The summed E-state index contributed by atoms with van der Waals surface area (Å²) in [5.74, 6) is -8.32. The number of carboxylic acids is 2. The van der Waals surface area contributed by atoms with Crippen molar-refractivity contribution in [2.24, 2.45) is 11.7 Å². The molecule has 0 unspecified atom stereocenters. The minimum absolute atomic E-state index is 0.0224. The third-order valence-corrected chi connectivity index (χ3v) is 13.3. The first-order valence-corrected chi connectivity index (χ1v) is 26.1. The van der Waals surface area contributed by atoms with E-state index in [1.165, 1.54) is 52.8 Å². The summed E-state index contributed by atoms with van der Waals surface area (Å²) in [6.45, 7) is 4.64. The number of nitrogens with two attached hydrogens (primary N) is 1. The van der Waals surface area contributed by atoms with Crippen LogP contribution in [0.4, 0.5) is 0 Å². The summed E-state index contributed by atoms with van der Waals surface area (Å²) < 4.78 is 0. The third kappa shape index (κ3) is 18.3. The summed E-state index contributed by atoms with van der Waals surface area (Å²) in [5, 5.41) is 54.3. The number of aromatic hydroxyl groups is 1. The van der Waals surface area contributed by atoms with Crippen LogP contribution in [0, 0.1) is 5.92 Å². The van der Waals surface area contributed by atoms with Crippen LogP contribution in [-0.4, -0.2) is 176 Å². The fourth-order valence-corrected chi connectivity index (χ4v) is 9.15. The number of carbonyl (C=O) groups excluding carboxylic acids is 8. The Bertz CT molecular complexity index is 2290. The molecule has 0 spiro atoms. The summed E-state index contributed by atoms with van der Waals surface area (Å²) in [6, 6.07) is 4.25. The van der Waals surface area contributed by atoms with Crippen LogP contribution in [0.3, 0.4) is 0 Å². The molecule has 23 nitrogen and oxygen atoms in total. The second-order valence-corrected chi connectivity index (χ2v) is 20.0. The van der Waals surface area contributed by atoms with Crippen LogP contribution in [0.1, 0.15) is 83.3 Å². The molecule has 2 aliphatic heterocycles. The first-order chi connectivity index (χ1) is 35.1. The molecule has 0 bridgehead atoms. The predicted octanol–water partition coefficient (Wildman–Crippen LogP) is -0.844. The van der Waals surface area contributed by atoms with Crippen LogP contribution in [-0.2, 0) is 60.8 Å². The zero-order valence-electron chi connectivity index (χ0n) is 42.1. The number of likely N-dealkylation sites (tertiary alicyclic amines) is 2. The molecule has 0 saturated carbocycles. The summed E-state index contributed by atoms with van der Waals surface area (Å²) in [4.78, 5) is 137. The number of phenols is 1. The number of nitrogens with zero attached hydrogens (tertiary/aromatic N) is 2. The maximum atomic E-state index is 14.1. The quantitative estimate of drug-likeness (QED) is 0.0495. The Kier molecular flexibility index (Phi) is 23.6. The molecule has 0 aliphatic carbocycles. The van der Waals surface area contributed by atoms with Gasteiger partial charge in [0.2, 0.25) is 47.3 Å². The average molecular weight is 1050 g/mol. The van der Waals surface area contributed by atoms with Crippen molar-refractivity contribution in [3.8, 4) is 5.75 Å². The number of aliphatic hydroxyl groups is 1. The maximum Gasteiger partial charge on any atom is 0.326 e. The van der Waals surface area contributed by atoms with Crippen molar-refractivity contribution in [2.75, 3.05) is 31.6 Å². The SMILES string of the molecule is CSCC[C@H](NC(=O)[C@@H](N)[C@@H](C)O)C(=O)N1CCC[C@H]1C(=O)N1CCC[C@H]1C(=O)NCC(=O)N[C@@H](Cc1ccccc1)C(=O)N[C@@H](CCC(=O)O)C(=O)N[C@@H](CC(C)C)C(=O)N[C@@H](Cc1ccc(O)cc1)C(=O)O. The zero-order valence-corrected chi connectivity index (χ0v) is 42.9. The molecule has 2 fully saturated rings. The second kappa shape index (κ2) is 29.2. The second-order valence-electron chi connectivity index (χ2n) is 19.0. The number of benzene rings is 2. The molecule has 4 rings (SSSR count). The maximum absolute atomic E-state index is 14.1. The number of phenolic OH excluding ortho intramolecular Hbond substituents is 1. The number of nitrogens with one attached hydrogen (secondary N) is 6. The van der Waals surface area contributed by atoms with E-state index in [4.69, 9.17) is 5.73 Å². The average Bonchev–Trinajstić information content (AvgIpc) is 4.06. The van der Waals surface area contributed by atoms with E-state index < -0.39 is 133 Å². The number of aliphatic hydroxyl groups excluding tert-OH is 1. The van der Waals surface area contributed by atoms with Gasteiger partial charge < -0.3 is 67.9 Å². The smallest absolute Gasteiger partial charge is 0.326 e. The molecule has 2 aromatic carbocycles. The molecule has 0 aromatic heterocycles. The molecule has 406 valence electrons. The minimum atomic E-state index is -1.56. The number of rotatable bonds is 28. The monoisotopic (exact) mass is 1050 g/mol. The molecule has 9 atom stereocenters. The van der Waals surface area contributed by atoms with E-state index in [9.17, 15) is 68.4 Å². The van der Waals surface area contributed by atoms with Crippen molar-refractivity contribution in [1.82, 2.24) is 41.7 Å². The zero-order chi connectivity index (χ0) is 54.6. The van der Waals surface area contributed by atoms with Crippen molar-refractivity contribution in [2.45, 2.75) is 139 Å². The van der Waals surface area contributed by atoms with Crippen molar-refractivity contribution in [3.63, 3.8) is 0 Å². The van der Waals surface area contributed by atoms with Crippen LogP contribution < -0.4 is 37.6 Å². The third-order valence-electron chi connectivity index (χ3n) is 12.7. The van der Waals surface area contributed by atoms with Gasteiger partial charge in [-0.2, -0.15) is 11.8 Å². The van der Waals surface area contributed by atoms with E-state index in [0.717, 1.165) is 0 Å². The van der Waals surface area contributed by atoms with Gasteiger partial charge in [-0.1, -0.05) is 56.3 Å². The van der Waals surface area contributed by atoms with Crippen molar-refractivity contribution >= 4 is 71.0 Å². The van der Waals surface area contributed by atoms with Gasteiger partial charge in [0, 0.05) is 32.4 Å². The van der Waals surface area contributed by atoms with Gasteiger partial charge in [0.1, 0.15) is 54.1 Å². The van der Waals surface area contributed by atoms with E-state index in [-0.39, 0.29) is 56.9 Å². The standard InChI is InChI=1S/C50H71N9O14S/c1-28(2)24-35(44(66)57-37(50(72)73)26-31-14-16-32(61)17-15-31)56-43(65)33(18-19-41(63)64)54-45(67)36(25-30-10-6-5-7-11-30)53-40(62)27-52-46(68)38-12-8-21-58(38)49(71)39-13-9-22-59(39)48(70)34(20-23-74-4)55-47(69)42(51)29(3)60/h5-7,10-11,14-17,28-29,33-39,42,60-61H,8-9,12-13,18-27,51H2,1-4H3,(H,52,68)(H,53,62)(H,54,67)(H,55,69)(H,56,65)(H,57,66)(H,63,64)(H,72,73)/t29-,33+,34+,35+,36+,37+,38+,39+,42+/m1/s1. The highest BCUT2D eigenvalue weighted by atomic mass is 32.2. The number of aliphatic carboxylic acids is 2. The molecule has 2 aliphatic rings. The molecule has 2 heterocycles. The van der Waals surface area contributed by atoms with Crippen LogP contribution in [0.25, 0.3) is 0 Å². The van der Waals surface area contributed by atoms with E-state index in [1.807, 2.05) is 6.26 Å². The highest BCUT2D eigenvalue weighted by molar-refractivity contribution is 7.98. The van der Waals surface area contributed by atoms with E-state index in [0.29, 0.717) is 36.1 Å². The van der Waals surface area contributed by atoms with Gasteiger partial charge in [0.25, 0.3) is 0 Å². The van der Waals surface area contributed by atoms with E-state index >= 15 is 0 Å². The van der Waals surface area contributed by atoms with Crippen molar-refractivity contribution < 1.29 is 68.4 Å². The van der Waals surface area contributed by atoms with Gasteiger partial charge >= 0.3 is 11.9 Å². The van der Waals surface area contributed by atoms with Crippen molar-refractivity contribution in [1.29, 1.82) is 0 Å². The molecule has 0 radical (unpaired) electrons. The lowest BCUT2D eigenvalue weighted by atomic mass is 10.00. The van der Waals surface area contributed by atoms with Gasteiger partial charge in [0.15, 0.2) is 0 Å². The Morgan fingerprint density at radius 1 is 0.676 bits per heavy atom. The minimum Gasteiger partial charge on any atom is -0.508 e. The van der Waals surface area contributed by atoms with E-state index in [2.05, 4.69) is 31.9 Å². The number of hydrogen-bond acceptors (Lipinski definition) is 14. The first kappa shape index (κ1) is 59.8. The lowest BCUT2D eigenvalue weighted by molar-refractivity contribution is -0.148. The lowest BCUT2D eigenvalue weighted by Crippen LogP contribution is -2.59. The Morgan fingerprint density at radius 3 is 1.84 bits per heavy atom. The van der Waals surface area contributed by atoms with Gasteiger partial charge in [-0.15, -0.1) is 0 Å². The molecule has 74 heavy (non-hydrogen) atoms. The topological polar surface area (TPSA) is 356 Å². The van der Waals surface area contributed by atoms with Crippen LogP contribution in [0.2, 0.25) is 0 Å². The van der Waals surface area contributed by atoms with Crippen molar-refractivity contribution in [3.05, 3.63) is 65.7 Å². The Labute approximate surface area is 433 Å². The molecule has 12 N–H and O–H groups in total. The normalized spacial score (nSPS) is 18.1. The fourth-order valence-electron chi connectivity index (χ4n) is 8.68. The number of carbonyl (C=O) groups is 10. The van der Waals surface area contributed by atoms with Crippen LogP contribution in [0.15, 0.2) is 54.6 Å². The highest BCUT2D eigenvalue weighted by Gasteiger charge is 2.44. The van der Waals surface area contributed by atoms with Crippen LogP contribution in [0.5, 0.6) is 5.75 Å². The molecular formula is C50H71N9O14S. The molecule has 8 amide bonds. The lowest BCUT2D eigenvalue weighted by Gasteiger charge is -2.33. The van der Waals surface area contributed by atoms with Gasteiger partial charge in [-0.05, 0) is 93.1 Å². The van der Waals surface area contributed by atoms with Gasteiger partial charge in [-0.3, -0.25) is 43.2 Å².